The van der Waals surface area contributed by atoms with Crippen LogP contribution in [0.1, 0.15) is 37.7 Å². The lowest BCUT2D eigenvalue weighted by Crippen LogP contribution is -2.31. The van der Waals surface area contributed by atoms with Crippen molar-refractivity contribution in [3.8, 4) is 0 Å². The third-order valence-corrected chi connectivity index (χ3v) is 4.12. The molecule has 0 radical (unpaired) electrons. The van der Waals surface area contributed by atoms with E-state index < -0.39 is 0 Å². The molecular formula is C12H19N3OS. The molecule has 1 amide bonds. The number of carbonyl (C=O) groups excluding carboxylic acids is 1. The van der Waals surface area contributed by atoms with Crippen LogP contribution in [0.25, 0.3) is 0 Å². The minimum absolute atomic E-state index is 0.0182. The first kappa shape index (κ1) is 12.4. The van der Waals surface area contributed by atoms with E-state index in [0.717, 1.165) is 19.5 Å². The number of hydrogen-bond acceptors (Lipinski definition) is 4. The van der Waals surface area contributed by atoms with E-state index in [0.29, 0.717) is 16.7 Å². The van der Waals surface area contributed by atoms with Crippen molar-refractivity contribution in [2.75, 3.05) is 18.8 Å². The summed E-state index contributed by atoms with van der Waals surface area (Å²) in [6.07, 6.45) is 1.08. The molecule has 1 atom stereocenters. The summed E-state index contributed by atoms with van der Waals surface area (Å²) < 4.78 is 0. The third-order valence-electron chi connectivity index (χ3n) is 3.44. The summed E-state index contributed by atoms with van der Waals surface area (Å²) >= 11 is 1.32. The lowest BCUT2D eigenvalue weighted by molar-refractivity contribution is 0.0771. The number of nitrogen functional groups attached to an aromatic ring is 1. The largest absolute Gasteiger partial charge is 0.375 e. The van der Waals surface area contributed by atoms with Crippen molar-refractivity contribution in [3.63, 3.8) is 0 Å². The lowest BCUT2D eigenvalue weighted by Gasteiger charge is -2.26. The molecule has 1 fully saturated rings. The highest BCUT2D eigenvalue weighted by Crippen LogP contribution is 2.34. The summed E-state index contributed by atoms with van der Waals surface area (Å²) in [6, 6.07) is 0. The fraction of sp³-hybridized carbons (Fsp3) is 0.667. The Balaban J connectivity index is 2.04. The van der Waals surface area contributed by atoms with Gasteiger partial charge in [0.05, 0.1) is 0 Å². The standard InChI is InChI=1S/C12H19N3OS/c1-12(2,3)8-4-5-15(6-8)10(16)9-7-17-11(13)14-9/h7-8H,4-6H2,1-3H3,(H2,13,14). The van der Waals surface area contributed by atoms with Gasteiger partial charge in [0.1, 0.15) is 5.69 Å². The first-order chi connectivity index (χ1) is 7.88. The molecule has 0 spiro atoms. The molecule has 0 aromatic carbocycles. The molecule has 2 rings (SSSR count). The van der Waals surface area contributed by atoms with E-state index in [9.17, 15) is 4.79 Å². The number of amides is 1. The third kappa shape index (κ3) is 2.60. The van der Waals surface area contributed by atoms with Crippen LogP contribution in [0.15, 0.2) is 5.38 Å². The maximum absolute atomic E-state index is 12.1. The second kappa shape index (κ2) is 4.29. The molecule has 1 saturated heterocycles. The maximum Gasteiger partial charge on any atom is 0.273 e. The van der Waals surface area contributed by atoms with Crippen LogP contribution in [0.4, 0.5) is 5.13 Å². The molecule has 1 aromatic rings. The molecule has 0 aliphatic carbocycles. The highest BCUT2D eigenvalue weighted by Gasteiger charge is 2.34. The summed E-state index contributed by atoms with van der Waals surface area (Å²) in [4.78, 5) is 18.1. The molecule has 0 bridgehead atoms. The summed E-state index contributed by atoms with van der Waals surface area (Å²) in [7, 11) is 0. The maximum atomic E-state index is 12.1. The van der Waals surface area contributed by atoms with Crippen molar-refractivity contribution >= 4 is 22.4 Å². The van der Waals surface area contributed by atoms with Crippen LogP contribution in [0, 0.1) is 11.3 Å². The molecule has 1 aromatic heterocycles. The van der Waals surface area contributed by atoms with Gasteiger partial charge in [-0.15, -0.1) is 11.3 Å². The Morgan fingerprint density at radius 3 is 2.76 bits per heavy atom. The number of aromatic nitrogens is 1. The van der Waals surface area contributed by atoms with Gasteiger partial charge in [0, 0.05) is 18.5 Å². The van der Waals surface area contributed by atoms with E-state index in [2.05, 4.69) is 25.8 Å². The number of nitrogens with zero attached hydrogens (tertiary/aromatic N) is 2. The van der Waals surface area contributed by atoms with E-state index in [4.69, 9.17) is 5.73 Å². The number of nitrogens with two attached hydrogens (primary N) is 1. The molecule has 17 heavy (non-hydrogen) atoms. The van der Waals surface area contributed by atoms with Crippen LogP contribution in [-0.4, -0.2) is 28.9 Å². The number of rotatable bonds is 1. The van der Waals surface area contributed by atoms with E-state index in [1.807, 2.05) is 4.90 Å². The molecule has 1 aliphatic rings. The molecule has 5 heteroatoms. The number of hydrogen-bond donors (Lipinski definition) is 1. The van der Waals surface area contributed by atoms with Crippen molar-refractivity contribution in [1.82, 2.24) is 9.88 Å². The predicted octanol–water partition coefficient (Wildman–Crippen LogP) is 2.23. The lowest BCUT2D eigenvalue weighted by atomic mass is 9.80. The summed E-state index contributed by atoms with van der Waals surface area (Å²) in [5, 5.41) is 2.20. The predicted molar refractivity (Wildman–Crippen MR) is 70.0 cm³/mol. The quantitative estimate of drug-likeness (QED) is 0.835. The fourth-order valence-corrected chi connectivity index (χ4v) is 2.74. The van der Waals surface area contributed by atoms with Crippen molar-refractivity contribution in [2.45, 2.75) is 27.2 Å². The van der Waals surface area contributed by atoms with Crippen LogP contribution in [0.5, 0.6) is 0 Å². The Bertz CT molecular complexity index is 422. The average molecular weight is 253 g/mol. The van der Waals surface area contributed by atoms with Crippen molar-refractivity contribution in [3.05, 3.63) is 11.1 Å². The Labute approximate surface area is 106 Å². The van der Waals surface area contributed by atoms with Crippen LogP contribution >= 0.6 is 11.3 Å². The molecule has 4 nitrogen and oxygen atoms in total. The molecule has 1 unspecified atom stereocenters. The normalized spacial score (nSPS) is 20.9. The molecule has 94 valence electrons. The Hall–Kier alpha value is -1.10. The number of likely N-dealkylation sites (tertiary alicyclic amines) is 1. The second-order valence-electron chi connectivity index (χ2n) is 5.67. The SMILES string of the molecule is CC(C)(C)C1CCN(C(=O)c2csc(N)n2)C1. The zero-order valence-electron chi connectivity index (χ0n) is 10.6. The smallest absolute Gasteiger partial charge is 0.273 e. The molecule has 0 saturated carbocycles. The molecule has 2 N–H and O–H groups in total. The second-order valence-corrected chi connectivity index (χ2v) is 6.56. The first-order valence-electron chi connectivity index (χ1n) is 5.88. The summed E-state index contributed by atoms with van der Waals surface area (Å²) in [6.45, 7) is 8.35. The number of anilines is 1. The highest BCUT2D eigenvalue weighted by molar-refractivity contribution is 7.13. The van der Waals surface area contributed by atoms with Gasteiger partial charge < -0.3 is 10.6 Å². The van der Waals surface area contributed by atoms with E-state index >= 15 is 0 Å². The van der Waals surface area contributed by atoms with Gasteiger partial charge in [0.25, 0.3) is 5.91 Å². The van der Waals surface area contributed by atoms with Crippen molar-refractivity contribution < 1.29 is 4.79 Å². The van der Waals surface area contributed by atoms with Gasteiger partial charge in [0.15, 0.2) is 5.13 Å². The van der Waals surface area contributed by atoms with Gasteiger partial charge in [-0.05, 0) is 17.8 Å². The molecule has 1 aliphatic heterocycles. The summed E-state index contributed by atoms with van der Waals surface area (Å²) in [5.74, 6) is 0.590. The molecule has 2 heterocycles. The van der Waals surface area contributed by atoms with Gasteiger partial charge in [-0.2, -0.15) is 0 Å². The Morgan fingerprint density at radius 2 is 2.29 bits per heavy atom. The van der Waals surface area contributed by atoms with Crippen LogP contribution in [-0.2, 0) is 0 Å². The highest BCUT2D eigenvalue weighted by atomic mass is 32.1. The van der Waals surface area contributed by atoms with Gasteiger partial charge in [-0.25, -0.2) is 4.98 Å². The van der Waals surface area contributed by atoms with Crippen LogP contribution in [0.3, 0.4) is 0 Å². The van der Waals surface area contributed by atoms with Crippen LogP contribution < -0.4 is 5.73 Å². The molecular weight excluding hydrogens is 234 g/mol. The topological polar surface area (TPSA) is 59.2 Å². The zero-order chi connectivity index (χ0) is 12.6. The van der Waals surface area contributed by atoms with Crippen molar-refractivity contribution in [1.29, 1.82) is 0 Å². The number of thiazole rings is 1. The summed E-state index contributed by atoms with van der Waals surface area (Å²) in [5.41, 5.74) is 6.30. The number of carbonyl (C=O) groups is 1. The zero-order valence-corrected chi connectivity index (χ0v) is 11.4. The van der Waals surface area contributed by atoms with Gasteiger partial charge >= 0.3 is 0 Å². The van der Waals surface area contributed by atoms with Crippen molar-refractivity contribution in [2.24, 2.45) is 11.3 Å². The minimum Gasteiger partial charge on any atom is -0.375 e. The monoisotopic (exact) mass is 253 g/mol. The van der Waals surface area contributed by atoms with Gasteiger partial charge in [-0.3, -0.25) is 4.79 Å². The average Bonchev–Trinajstić information content (AvgIpc) is 2.83. The van der Waals surface area contributed by atoms with Gasteiger partial charge in [-0.1, -0.05) is 20.8 Å². The van der Waals surface area contributed by atoms with E-state index in [1.165, 1.54) is 11.3 Å². The van der Waals surface area contributed by atoms with Crippen LogP contribution in [0.2, 0.25) is 0 Å². The minimum atomic E-state index is 0.0182. The van der Waals surface area contributed by atoms with Gasteiger partial charge in [0.2, 0.25) is 0 Å². The first-order valence-corrected chi connectivity index (χ1v) is 6.76. The Kier molecular flexibility index (Phi) is 3.12. The van der Waals surface area contributed by atoms with E-state index in [1.54, 1.807) is 5.38 Å². The van der Waals surface area contributed by atoms with E-state index in [-0.39, 0.29) is 11.3 Å². The Morgan fingerprint density at radius 1 is 1.59 bits per heavy atom. The fourth-order valence-electron chi connectivity index (χ4n) is 2.20.